The van der Waals surface area contributed by atoms with Crippen LogP contribution in [0.2, 0.25) is 0 Å². The van der Waals surface area contributed by atoms with Gasteiger partial charge >= 0.3 is 0 Å². The quantitative estimate of drug-likeness (QED) is 0.905. The SMILES string of the molecule is CC1CCCC(c2cncn2CC2CCN(C)C2)N1. The highest BCUT2D eigenvalue weighted by Crippen LogP contribution is 2.26. The van der Waals surface area contributed by atoms with Crippen LogP contribution in [-0.4, -0.2) is 40.6 Å². The lowest BCUT2D eigenvalue weighted by molar-refractivity contribution is 0.321. The molecule has 4 heteroatoms. The Kier molecular flexibility index (Phi) is 3.89. The van der Waals surface area contributed by atoms with E-state index >= 15 is 0 Å². The van der Waals surface area contributed by atoms with Crippen LogP contribution in [-0.2, 0) is 6.54 Å². The maximum atomic E-state index is 4.39. The summed E-state index contributed by atoms with van der Waals surface area (Å²) in [5.74, 6) is 0.791. The fourth-order valence-electron chi connectivity index (χ4n) is 3.60. The van der Waals surface area contributed by atoms with Gasteiger partial charge in [-0.3, -0.25) is 0 Å². The minimum Gasteiger partial charge on any atom is -0.333 e. The largest absolute Gasteiger partial charge is 0.333 e. The number of likely N-dealkylation sites (tertiary alicyclic amines) is 1. The number of nitrogens with zero attached hydrogens (tertiary/aromatic N) is 3. The predicted octanol–water partition coefficient (Wildman–Crippen LogP) is 2.04. The number of rotatable bonds is 3. The van der Waals surface area contributed by atoms with Crippen LogP contribution in [0, 0.1) is 5.92 Å². The minimum atomic E-state index is 0.505. The van der Waals surface area contributed by atoms with E-state index in [1.165, 1.54) is 44.5 Å². The van der Waals surface area contributed by atoms with Gasteiger partial charge in [-0.25, -0.2) is 4.98 Å². The average molecular weight is 262 g/mol. The van der Waals surface area contributed by atoms with Gasteiger partial charge in [0.25, 0.3) is 0 Å². The second-order valence-electron chi connectivity index (χ2n) is 6.44. The van der Waals surface area contributed by atoms with E-state index in [4.69, 9.17) is 0 Å². The van der Waals surface area contributed by atoms with Gasteiger partial charge in [0.15, 0.2) is 0 Å². The van der Waals surface area contributed by atoms with Crippen molar-refractivity contribution in [3.8, 4) is 0 Å². The molecule has 106 valence electrons. The minimum absolute atomic E-state index is 0.505. The van der Waals surface area contributed by atoms with E-state index in [1.54, 1.807) is 0 Å². The molecule has 1 N–H and O–H groups in total. The van der Waals surface area contributed by atoms with E-state index in [1.807, 2.05) is 6.33 Å². The second-order valence-corrected chi connectivity index (χ2v) is 6.44. The van der Waals surface area contributed by atoms with Gasteiger partial charge < -0.3 is 14.8 Å². The summed E-state index contributed by atoms with van der Waals surface area (Å²) < 4.78 is 2.39. The van der Waals surface area contributed by atoms with Gasteiger partial charge in [0.1, 0.15) is 0 Å². The second kappa shape index (κ2) is 5.63. The molecule has 3 rings (SSSR count). The van der Waals surface area contributed by atoms with E-state index in [9.17, 15) is 0 Å². The summed E-state index contributed by atoms with van der Waals surface area (Å²) in [6, 6.07) is 1.14. The van der Waals surface area contributed by atoms with Gasteiger partial charge in [-0.15, -0.1) is 0 Å². The van der Waals surface area contributed by atoms with Crippen LogP contribution >= 0.6 is 0 Å². The fraction of sp³-hybridized carbons (Fsp3) is 0.800. The molecule has 3 atom stereocenters. The third kappa shape index (κ3) is 3.00. The number of aromatic nitrogens is 2. The molecule has 2 aliphatic rings. The van der Waals surface area contributed by atoms with E-state index in [2.05, 4.69) is 39.9 Å². The van der Waals surface area contributed by atoms with Gasteiger partial charge in [-0.1, -0.05) is 0 Å². The molecule has 0 amide bonds. The highest BCUT2D eigenvalue weighted by Gasteiger charge is 2.25. The first-order chi connectivity index (χ1) is 9.22. The Morgan fingerprint density at radius 3 is 3.00 bits per heavy atom. The molecule has 4 nitrogen and oxygen atoms in total. The van der Waals surface area contributed by atoms with E-state index in [0.717, 1.165) is 12.5 Å². The van der Waals surface area contributed by atoms with Gasteiger partial charge in [-0.05, 0) is 52.1 Å². The summed E-state index contributed by atoms with van der Waals surface area (Å²) in [6.45, 7) is 5.89. The number of imidazole rings is 1. The van der Waals surface area contributed by atoms with Gasteiger partial charge in [0.05, 0.1) is 12.0 Å². The molecule has 0 saturated carbocycles. The zero-order chi connectivity index (χ0) is 13.2. The van der Waals surface area contributed by atoms with Crippen LogP contribution in [0.4, 0.5) is 0 Å². The summed E-state index contributed by atoms with van der Waals surface area (Å²) >= 11 is 0. The Labute approximate surface area is 116 Å². The van der Waals surface area contributed by atoms with Gasteiger partial charge in [0.2, 0.25) is 0 Å². The number of piperidine rings is 1. The first kappa shape index (κ1) is 13.1. The van der Waals surface area contributed by atoms with Crippen molar-refractivity contribution in [1.29, 1.82) is 0 Å². The van der Waals surface area contributed by atoms with Crippen molar-refractivity contribution < 1.29 is 0 Å². The Morgan fingerprint density at radius 2 is 2.26 bits per heavy atom. The first-order valence-corrected chi connectivity index (χ1v) is 7.67. The van der Waals surface area contributed by atoms with Gasteiger partial charge in [0, 0.05) is 31.4 Å². The standard InChI is InChI=1S/C15H26N4/c1-12-4-3-5-14(17-12)15-8-16-11-19(15)10-13-6-7-18(2)9-13/h8,11-14,17H,3-7,9-10H2,1-2H3. The third-order valence-electron chi connectivity index (χ3n) is 4.66. The van der Waals surface area contributed by atoms with Crippen molar-refractivity contribution >= 4 is 0 Å². The van der Waals surface area contributed by atoms with Crippen molar-refractivity contribution in [3.63, 3.8) is 0 Å². The maximum absolute atomic E-state index is 4.39. The van der Waals surface area contributed by atoms with E-state index in [0.29, 0.717) is 12.1 Å². The lowest BCUT2D eigenvalue weighted by Crippen LogP contribution is -2.35. The van der Waals surface area contributed by atoms with Crippen LogP contribution in [0.5, 0.6) is 0 Å². The normalized spacial score (nSPS) is 32.8. The molecule has 0 radical (unpaired) electrons. The fourth-order valence-corrected chi connectivity index (χ4v) is 3.60. The highest BCUT2D eigenvalue weighted by atomic mass is 15.1. The average Bonchev–Trinajstić information content (AvgIpc) is 2.99. The van der Waals surface area contributed by atoms with Crippen LogP contribution in [0.1, 0.15) is 44.3 Å². The van der Waals surface area contributed by atoms with Crippen molar-refractivity contribution in [3.05, 3.63) is 18.2 Å². The Balaban J connectivity index is 1.67. The molecule has 2 aliphatic heterocycles. The molecule has 0 aliphatic carbocycles. The molecule has 19 heavy (non-hydrogen) atoms. The van der Waals surface area contributed by atoms with E-state index in [-0.39, 0.29) is 0 Å². The van der Waals surface area contributed by atoms with Gasteiger partial charge in [-0.2, -0.15) is 0 Å². The summed E-state index contributed by atoms with van der Waals surface area (Å²) in [5, 5.41) is 3.72. The number of nitrogens with one attached hydrogen (secondary N) is 1. The molecule has 0 spiro atoms. The van der Waals surface area contributed by atoms with Crippen molar-refractivity contribution in [1.82, 2.24) is 19.8 Å². The molecule has 1 aromatic rings. The lowest BCUT2D eigenvalue weighted by atomic mass is 9.97. The van der Waals surface area contributed by atoms with Crippen LogP contribution in [0.15, 0.2) is 12.5 Å². The Morgan fingerprint density at radius 1 is 1.37 bits per heavy atom. The van der Waals surface area contributed by atoms with Crippen molar-refractivity contribution in [2.24, 2.45) is 5.92 Å². The number of hydrogen-bond donors (Lipinski definition) is 1. The highest BCUT2D eigenvalue weighted by molar-refractivity contribution is 5.07. The summed E-state index contributed by atoms with van der Waals surface area (Å²) in [7, 11) is 2.22. The van der Waals surface area contributed by atoms with E-state index < -0.39 is 0 Å². The molecular formula is C15H26N4. The smallest absolute Gasteiger partial charge is 0.0948 e. The van der Waals surface area contributed by atoms with Crippen molar-refractivity contribution in [2.75, 3.05) is 20.1 Å². The summed E-state index contributed by atoms with van der Waals surface area (Å²) in [5.41, 5.74) is 1.39. The molecule has 3 unspecified atom stereocenters. The molecule has 2 saturated heterocycles. The third-order valence-corrected chi connectivity index (χ3v) is 4.66. The van der Waals surface area contributed by atoms with Crippen LogP contribution in [0.25, 0.3) is 0 Å². The molecule has 3 heterocycles. The zero-order valence-electron chi connectivity index (χ0n) is 12.2. The Bertz CT molecular complexity index is 414. The van der Waals surface area contributed by atoms with Crippen LogP contribution in [0.3, 0.4) is 0 Å². The molecular weight excluding hydrogens is 236 g/mol. The topological polar surface area (TPSA) is 33.1 Å². The maximum Gasteiger partial charge on any atom is 0.0948 e. The lowest BCUT2D eigenvalue weighted by Gasteiger charge is -2.29. The molecule has 1 aromatic heterocycles. The number of hydrogen-bond acceptors (Lipinski definition) is 3. The monoisotopic (exact) mass is 262 g/mol. The summed E-state index contributed by atoms with van der Waals surface area (Å²) in [4.78, 5) is 6.83. The van der Waals surface area contributed by atoms with Crippen LogP contribution < -0.4 is 5.32 Å². The Hall–Kier alpha value is -0.870. The van der Waals surface area contributed by atoms with Crippen molar-refractivity contribution in [2.45, 2.75) is 51.2 Å². The molecule has 0 bridgehead atoms. The summed E-state index contributed by atoms with van der Waals surface area (Å²) in [6.07, 6.45) is 9.29. The first-order valence-electron chi connectivity index (χ1n) is 7.67. The molecule has 0 aromatic carbocycles. The predicted molar refractivity (Wildman–Crippen MR) is 77.0 cm³/mol. The molecule has 2 fully saturated rings. The zero-order valence-corrected chi connectivity index (χ0v) is 12.2.